The SMILES string of the molecule is Cc1cc(C(=O)O)ccc1N(Cc1cc(C2CC2)cc(C(C)(C)C)c1)C(=O)CN(Cc1ccccc1F)S(=O)(=O)c1c(F)c(F)c(F)c(F)c1F. The van der Waals surface area contributed by atoms with Gasteiger partial charge in [-0.2, -0.15) is 4.31 Å². The van der Waals surface area contributed by atoms with Gasteiger partial charge in [-0.15, -0.1) is 0 Å². The van der Waals surface area contributed by atoms with Crippen LogP contribution in [0.3, 0.4) is 0 Å². The zero-order chi connectivity index (χ0) is 37.6. The maximum Gasteiger partial charge on any atom is 0.335 e. The summed E-state index contributed by atoms with van der Waals surface area (Å²) in [6, 6.07) is 14.4. The second-order valence-electron chi connectivity index (χ2n) is 13.5. The molecule has 14 heteroatoms. The number of aryl methyl sites for hydroxylation is 1. The zero-order valence-electron chi connectivity index (χ0n) is 28.0. The fraction of sp³-hybridized carbons (Fsp3) is 0.297. The molecule has 1 N–H and O–H groups in total. The number of hydrogen-bond donors (Lipinski definition) is 1. The van der Waals surface area contributed by atoms with Crippen LogP contribution >= 0.6 is 0 Å². The first kappa shape index (κ1) is 37.6. The predicted molar refractivity (Wildman–Crippen MR) is 177 cm³/mol. The Kier molecular flexibility index (Phi) is 10.4. The van der Waals surface area contributed by atoms with Crippen LogP contribution < -0.4 is 4.90 Å². The Hall–Kier alpha value is -4.69. The number of rotatable bonds is 11. The fourth-order valence-corrected chi connectivity index (χ4v) is 7.18. The van der Waals surface area contributed by atoms with E-state index in [1.54, 1.807) is 0 Å². The van der Waals surface area contributed by atoms with E-state index in [0.717, 1.165) is 41.0 Å². The van der Waals surface area contributed by atoms with E-state index in [2.05, 4.69) is 6.07 Å². The Morgan fingerprint density at radius 3 is 1.98 bits per heavy atom. The van der Waals surface area contributed by atoms with Crippen LogP contribution in [0.15, 0.2) is 65.6 Å². The molecule has 0 heterocycles. The van der Waals surface area contributed by atoms with Gasteiger partial charge in [0.1, 0.15) is 5.82 Å². The second kappa shape index (κ2) is 14.1. The number of halogens is 6. The van der Waals surface area contributed by atoms with Gasteiger partial charge >= 0.3 is 5.97 Å². The number of nitrogens with zero attached hydrogens (tertiary/aromatic N) is 2. The van der Waals surface area contributed by atoms with E-state index in [0.29, 0.717) is 17.0 Å². The number of anilines is 1. The number of carboxylic acids is 1. The molecule has 0 radical (unpaired) electrons. The number of benzene rings is 4. The van der Waals surface area contributed by atoms with Gasteiger partial charge in [-0.3, -0.25) is 4.79 Å². The lowest BCUT2D eigenvalue weighted by molar-refractivity contribution is -0.119. The normalized spacial score (nSPS) is 13.5. The average Bonchev–Trinajstić information content (AvgIpc) is 3.91. The minimum atomic E-state index is -5.74. The smallest absolute Gasteiger partial charge is 0.335 e. The Balaban J connectivity index is 1.65. The van der Waals surface area contributed by atoms with Crippen molar-refractivity contribution in [3.05, 3.63) is 129 Å². The van der Waals surface area contributed by atoms with Crippen LogP contribution in [0.5, 0.6) is 0 Å². The van der Waals surface area contributed by atoms with Crippen molar-refractivity contribution in [1.29, 1.82) is 0 Å². The first-order valence-corrected chi connectivity index (χ1v) is 17.3. The predicted octanol–water partition coefficient (Wildman–Crippen LogP) is 8.13. The van der Waals surface area contributed by atoms with Crippen molar-refractivity contribution < 1.29 is 49.5 Å². The number of carbonyl (C=O) groups excluding carboxylic acids is 1. The summed E-state index contributed by atoms with van der Waals surface area (Å²) in [7, 11) is -5.74. The Morgan fingerprint density at radius 2 is 1.43 bits per heavy atom. The van der Waals surface area contributed by atoms with Crippen molar-refractivity contribution in [2.45, 2.75) is 69.9 Å². The fourth-order valence-electron chi connectivity index (χ4n) is 5.70. The molecule has 0 aliphatic heterocycles. The highest BCUT2D eigenvalue weighted by molar-refractivity contribution is 7.89. The van der Waals surface area contributed by atoms with E-state index >= 15 is 0 Å². The summed E-state index contributed by atoms with van der Waals surface area (Å²) in [6.07, 6.45) is 1.93. The van der Waals surface area contributed by atoms with Crippen LogP contribution in [0.25, 0.3) is 0 Å². The van der Waals surface area contributed by atoms with Crippen LogP contribution in [0.2, 0.25) is 0 Å². The van der Waals surface area contributed by atoms with Crippen molar-refractivity contribution in [3.8, 4) is 0 Å². The van der Waals surface area contributed by atoms with E-state index < -0.39 is 74.8 Å². The molecule has 0 saturated heterocycles. The molecule has 4 aromatic rings. The largest absolute Gasteiger partial charge is 0.478 e. The molecule has 4 aromatic carbocycles. The van der Waals surface area contributed by atoms with Crippen LogP contribution in [0, 0.1) is 41.8 Å². The number of carbonyl (C=O) groups is 2. The maximum absolute atomic E-state index is 15.0. The van der Waals surface area contributed by atoms with Crippen molar-refractivity contribution in [2.24, 2.45) is 0 Å². The molecule has 1 aliphatic carbocycles. The molecule has 0 aromatic heterocycles. The summed E-state index contributed by atoms with van der Waals surface area (Å²) in [4.78, 5) is 25.0. The van der Waals surface area contributed by atoms with Gasteiger partial charge in [0.2, 0.25) is 21.7 Å². The van der Waals surface area contributed by atoms with Gasteiger partial charge in [0.05, 0.1) is 18.7 Å². The summed E-state index contributed by atoms with van der Waals surface area (Å²) >= 11 is 0. The standard InChI is InChI=1S/C37H34F6N2O5S/c1-20-13-23(36(47)48)11-12-28(20)45(17-21-14-25(22-9-10-22)16-26(15-21)37(2,3)4)29(46)19-44(18-24-7-5-6-8-27(24)38)51(49,50)35-33(42)31(40)30(39)32(41)34(35)43/h5-8,11-16,22H,9-10,17-19H2,1-4H3,(H,47,48). The quantitative estimate of drug-likeness (QED) is 0.0955. The summed E-state index contributed by atoms with van der Waals surface area (Å²) in [5, 5.41) is 9.54. The van der Waals surface area contributed by atoms with Crippen LogP contribution in [-0.2, 0) is 33.3 Å². The topological polar surface area (TPSA) is 95.0 Å². The molecule has 0 bridgehead atoms. The molecule has 270 valence electrons. The Bertz CT molecular complexity index is 2120. The monoisotopic (exact) mass is 732 g/mol. The summed E-state index contributed by atoms with van der Waals surface area (Å²) in [5.74, 6) is -15.9. The lowest BCUT2D eigenvalue weighted by Gasteiger charge is -2.30. The lowest BCUT2D eigenvalue weighted by atomic mass is 9.84. The molecular formula is C37H34F6N2O5S. The van der Waals surface area contributed by atoms with Crippen molar-refractivity contribution in [1.82, 2.24) is 4.31 Å². The summed E-state index contributed by atoms with van der Waals surface area (Å²) in [6.45, 7) is 5.07. The van der Waals surface area contributed by atoms with Crippen LogP contribution in [0.4, 0.5) is 32.0 Å². The summed E-state index contributed by atoms with van der Waals surface area (Å²) in [5.41, 5.74) is 2.26. The van der Waals surface area contributed by atoms with Crippen molar-refractivity contribution in [2.75, 3.05) is 11.4 Å². The number of amides is 1. The van der Waals surface area contributed by atoms with Gasteiger partial charge in [-0.25, -0.2) is 39.6 Å². The van der Waals surface area contributed by atoms with Crippen LogP contribution in [0.1, 0.15) is 77.7 Å². The molecule has 5 rings (SSSR count). The summed E-state index contributed by atoms with van der Waals surface area (Å²) < 4.78 is 115. The van der Waals surface area contributed by atoms with Crippen LogP contribution in [-0.4, -0.2) is 36.3 Å². The van der Waals surface area contributed by atoms with Gasteiger partial charge in [0.15, 0.2) is 28.2 Å². The van der Waals surface area contributed by atoms with E-state index in [1.807, 2.05) is 32.9 Å². The highest BCUT2D eigenvalue weighted by Crippen LogP contribution is 2.42. The number of hydrogen-bond acceptors (Lipinski definition) is 4. The van der Waals surface area contributed by atoms with E-state index in [9.17, 15) is 49.5 Å². The van der Waals surface area contributed by atoms with Crippen molar-refractivity contribution in [3.63, 3.8) is 0 Å². The zero-order valence-corrected chi connectivity index (χ0v) is 28.9. The molecule has 0 spiro atoms. The minimum Gasteiger partial charge on any atom is -0.478 e. The minimum absolute atomic E-state index is 0.107. The molecule has 7 nitrogen and oxygen atoms in total. The average molecular weight is 733 g/mol. The molecule has 0 atom stereocenters. The van der Waals surface area contributed by atoms with E-state index in [1.165, 1.54) is 37.3 Å². The third-order valence-electron chi connectivity index (χ3n) is 8.69. The van der Waals surface area contributed by atoms with Gasteiger partial charge in [0.25, 0.3) is 0 Å². The molecule has 1 saturated carbocycles. The molecule has 0 unspecified atom stereocenters. The molecule has 1 aliphatic rings. The first-order chi connectivity index (χ1) is 23.8. The van der Waals surface area contributed by atoms with E-state index in [-0.39, 0.29) is 33.1 Å². The van der Waals surface area contributed by atoms with Crippen molar-refractivity contribution >= 4 is 27.6 Å². The number of sulfonamides is 1. The Labute approximate surface area is 291 Å². The number of carboxylic acid groups (broad SMARTS) is 1. The third-order valence-corrected chi connectivity index (χ3v) is 10.5. The van der Waals surface area contributed by atoms with Gasteiger partial charge in [-0.05, 0) is 77.6 Å². The van der Waals surface area contributed by atoms with Gasteiger partial charge in [0, 0.05) is 17.8 Å². The highest BCUT2D eigenvalue weighted by Gasteiger charge is 2.39. The van der Waals surface area contributed by atoms with Gasteiger partial charge < -0.3 is 10.0 Å². The highest BCUT2D eigenvalue weighted by atomic mass is 32.2. The second-order valence-corrected chi connectivity index (χ2v) is 15.4. The lowest BCUT2D eigenvalue weighted by Crippen LogP contribution is -2.43. The molecule has 1 amide bonds. The van der Waals surface area contributed by atoms with E-state index in [4.69, 9.17) is 0 Å². The Morgan fingerprint density at radius 1 is 0.824 bits per heavy atom. The molecule has 1 fully saturated rings. The number of aromatic carboxylic acids is 1. The molecular weight excluding hydrogens is 698 g/mol. The third kappa shape index (κ3) is 7.81. The molecule has 51 heavy (non-hydrogen) atoms. The van der Waals surface area contributed by atoms with Gasteiger partial charge in [-0.1, -0.05) is 57.2 Å². The first-order valence-electron chi connectivity index (χ1n) is 15.8. The maximum atomic E-state index is 15.0.